The highest BCUT2D eigenvalue weighted by Gasteiger charge is 2.16. The summed E-state index contributed by atoms with van der Waals surface area (Å²) < 4.78 is 16.1. The summed E-state index contributed by atoms with van der Waals surface area (Å²) in [4.78, 5) is 12.1. The zero-order chi connectivity index (χ0) is 16.9. The van der Waals surface area contributed by atoms with Gasteiger partial charge in [-0.1, -0.05) is 6.07 Å². The minimum atomic E-state index is -0.646. The van der Waals surface area contributed by atoms with Gasteiger partial charge in [-0.05, 0) is 48.9 Å². The molecule has 0 radical (unpaired) electrons. The lowest BCUT2D eigenvalue weighted by Gasteiger charge is -2.15. The van der Waals surface area contributed by atoms with Crippen molar-refractivity contribution in [3.05, 3.63) is 53.6 Å². The van der Waals surface area contributed by atoms with E-state index in [4.69, 9.17) is 19.5 Å². The van der Waals surface area contributed by atoms with Crippen molar-refractivity contribution in [2.45, 2.75) is 19.6 Å². The number of nitriles is 1. The average molecular weight is 324 g/mol. The fourth-order valence-corrected chi connectivity index (χ4v) is 2.25. The monoisotopic (exact) mass is 324 g/mol. The van der Waals surface area contributed by atoms with Crippen molar-refractivity contribution in [1.29, 1.82) is 5.26 Å². The van der Waals surface area contributed by atoms with Gasteiger partial charge in [-0.15, -0.1) is 0 Å². The third-order valence-corrected chi connectivity index (χ3v) is 3.57. The van der Waals surface area contributed by atoms with Crippen molar-refractivity contribution in [1.82, 2.24) is 5.32 Å². The maximum Gasteiger partial charge on any atom is 0.261 e. The predicted molar refractivity (Wildman–Crippen MR) is 85.7 cm³/mol. The molecule has 1 amide bonds. The molecular weight excluding hydrogens is 308 g/mol. The summed E-state index contributed by atoms with van der Waals surface area (Å²) in [6.07, 6.45) is -0.646. The second-order valence-corrected chi connectivity index (χ2v) is 5.30. The molecule has 0 saturated carbocycles. The molecule has 0 fully saturated rings. The SMILES string of the molecule is CC(Oc1ccc(C#N)cc1)C(=O)NCc1ccc2c(c1)OCO2. The number of hydrogen-bond acceptors (Lipinski definition) is 5. The lowest BCUT2D eigenvalue weighted by molar-refractivity contribution is -0.127. The van der Waals surface area contributed by atoms with Crippen molar-refractivity contribution >= 4 is 5.91 Å². The number of nitrogens with zero attached hydrogens (tertiary/aromatic N) is 1. The number of ether oxygens (including phenoxy) is 3. The van der Waals surface area contributed by atoms with Crippen LogP contribution in [0.5, 0.6) is 17.2 Å². The van der Waals surface area contributed by atoms with Crippen LogP contribution in [0.15, 0.2) is 42.5 Å². The second kappa shape index (κ2) is 6.92. The van der Waals surface area contributed by atoms with Crippen molar-refractivity contribution < 1.29 is 19.0 Å². The number of benzene rings is 2. The van der Waals surface area contributed by atoms with E-state index in [9.17, 15) is 4.79 Å². The van der Waals surface area contributed by atoms with Crippen LogP contribution >= 0.6 is 0 Å². The van der Waals surface area contributed by atoms with E-state index >= 15 is 0 Å². The second-order valence-electron chi connectivity index (χ2n) is 5.30. The Morgan fingerprint density at radius 1 is 1.25 bits per heavy atom. The molecule has 1 aliphatic heterocycles. The van der Waals surface area contributed by atoms with E-state index in [1.165, 1.54) is 0 Å². The minimum absolute atomic E-state index is 0.223. The molecule has 0 bridgehead atoms. The van der Waals surface area contributed by atoms with Gasteiger partial charge < -0.3 is 19.5 Å². The molecule has 1 heterocycles. The van der Waals surface area contributed by atoms with E-state index < -0.39 is 6.10 Å². The Balaban J connectivity index is 1.53. The van der Waals surface area contributed by atoms with Gasteiger partial charge in [-0.3, -0.25) is 4.79 Å². The summed E-state index contributed by atoms with van der Waals surface area (Å²) in [6, 6.07) is 14.2. The number of fused-ring (bicyclic) bond motifs is 1. The first-order valence-corrected chi connectivity index (χ1v) is 7.49. The molecule has 2 aromatic carbocycles. The van der Waals surface area contributed by atoms with E-state index in [2.05, 4.69) is 5.32 Å². The number of hydrogen-bond donors (Lipinski definition) is 1. The largest absolute Gasteiger partial charge is 0.481 e. The maximum absolute atomic E-state index is 12.1. The Morgan fingerprint density at radius 2 is 2.00 bits per heavy atom. The Hall–Kier alpha value is -3.20. The van der Waals surface area contributed by atoms with Crippen LogP contribution in [0.3, 0.4) is 0 Å². The molecule has 1 N–H and O–H groups in total. The number of nitrogens with one attached hydrogen (secondary N) is 1. The molecule has 1 aliphatic rings. The number of carbonyl (C=O) groups excluding carboxylic acids is 1. The summed E-state index contributed by atoms with van der Waals surface area (Å²) in [5.41, 5.74) is 1.46. The van der Waals surface area contributed by atoms with Crippen molar-refractivity contribution in [3.8, 4) is 23.3 Å². The summed E-state index contributed by atoms with van der Waals surface area (Å²) >= 11 is 0. The van der Waals surface area contributed by atoms with Crippen molar-refractivity contribution in [3.63, 3.8) is 0 Å². The molecule has 0 aliphatic carbocycles. The summed E-state index contributed by atoms with van der Waals surface area (Å²) in [5, 5.41) is 11.6. The van der Waals surface area contributed by atoms with Gasteiger partial charge in [0.25, 0.3) is 5.91 Å². The maximum atomic E-state index is 12.1. The van der Waals surface area contributed by atoms with Crippen LogP contribution in [-0.2, 0) is 11.3 Å². The van der Waals surface area contributed by atoms with Gasteiger partial charge >= 0.3 is 0 Å². The van der Waals surface area contributed by atoms with Crippen LogP contribution in [0.2, 0.25) is 0 Å². The Bertz CT molecular complexity index is 781. The highest BCUT2D eigenvalue weighted by atomic mass is 16.7. The van der Waals surface area contributed by atoms with Crippen LogP contribution in [0.1, 0.15) is 18.1 Å². The zero-order valence-electron chi connectivity index (χ0n) is 13.1. The normalized spacial score (nSPS) is 13.0. The standard InChI is InChI=1S/C18H16N2O4/c1-12(24-15-5-2-13(9-19)3-6-15)18(21)20-10-14-4-7-16-17(8-14)23-11-22-16/h2-8,12H,10-11H2,1H3,(H,20,21). The molecule has 6 nitrogen and oxygen atoms in total. The van der Waals surface area contributed by atoms with Gasteiger partial charge in [0.2, 0.25) is 6.79 Å². The van der Waals surface area contributed by atoms with Gasteiger partial charge in [0.05, 0.1) is 11.6 Å². The third kappa shape index (κ3) is 3.58. The van der Waals surface area contributed by atoms with Gasteiger partial charge in [0.1, 0.15) is 5.75 Å². The lowest BCUT2D eigenvalue weighted by atomic mass is 10.2. The van der Waals surface area contributed by atoms with Gasteiger partial charge in [-0.2, -0.15) is 5.26 Å². The van der Waals surface area contributed by atoms with Crippen LogP contribution < -0.4 is 19.5 Å². The summed E-state index contributed by atoms with van der Waals surface area (Å²) in [7, 11) is 0. The molecular formula is C18H16N2O4. The van der Waals surface area contributed by atoms with Crippen LogP contribution in [0.4, 0.5) is 0 Å². The topological polar surface area (TPSA) is 80.6 Å². The van der Waals surface area contributed by atoms with Gasteiger partial charge in [0, 0.05) is 6.54 Å². The molecule has 1 atom stereocenters. The average Bonchev–Trinajstić information content (AvgIpc) is 3.08. The molecule has 24 heavy (non-hydrogen) atoms. The Labute approximate surface area is 139 Å². The fraction of sp³-hybridized carbons (Fsp3) is 0.222. The molecule has 3 rings (SSSR count). The first-order valence-electron chi connectivity index (χ1n) is 7.49. The fourth-order valence-electron chi connectivity index (χ4n) is 2.25. The molecule has 1 unspecified atom stereocenters. The van der Waals surface area contributed by atoms with E-state index in [-0.39, 0.29) is 12.7 Å². The molecule has 2 aromatic rings. The van der Waals surface area contributed by atoms with Crippen LogP contribution in [-0.4, -0.2) is 18.8 Å². The smallest absolute Gasteiger partial charge is 0.261 e. The van der Waals surface area contributed by atoms with E-state index in [1.54, 1.807) is 31.2 Å². The lowest BCUT2D eigenvalue weighted by Crippen LogP contribution is -2.35. The van der Waals surface area contributed by atoms with Crippen molar-refractivity contribution in [2.24, 2.45) is 0 Å². The quantitative estimate of drug-likeness (QED) is 0.913. The summed E-state index contributed by atoms with van der Waals surface area (Å²) in [5.74, 6) is 1.71. The van der Waals surface area contributed by atoms with Crippen molar-refractivity contribution in [2.75, 3.05) is 6.79 Å². The predicted octanol–water partition coefficient (Wildman–Crippen LogP) is 2.37. The van der Waals surface area contributed by atoms with Crippen LogP contribution in [0, 0.1) is 11.3 Å². The Kier molecular flexibility index (Phi) is 4.52. The first kappa shape index (κ1) is 15.7. The number of rotatable bonds is 5. The first-order chi connectivity index (χ1) is 11.7. The molecule has 0 spiro atoms. The number of amides is 1. The Morgan fingerprint density at radius 3 is 2.75 bits per heavy atom. The summed E-state index contributed by atoms with van der Waals surface area (Å²) in [6.45, 7) is 2.27. The van der Waals surface area contributed by atoms with Crippen LogP contribution in [0.25, 0.3) is 0 Å². The number of carbonyl (C=O) groups is 1. The van der Waals surface area contributed by atoms with E-state index in [0.29, 0.717) is 29.4 Å². The van der Waals surface area contributed by atoms with Gasteiger partial charge in [0.15, 0.2) is 17.6 Å². The molecule has 0 aromatic heterocycles. The highest BCUT2D eigenvalue weighted by molar-refractivity contribution is 5.80. The van der Waals surface area contributed by atoms with E-state index in [1.807, 2.05) is 24.3 Å². The molecule has 6 heteroatoms. The van der Waals surface area contributed by atoms with E-state index in [0.717, 1.165) is 5.56 Å². The van der Waals surface area contributed by atoms with Gasteiger partial charge in [-0.25, -0.2) is 0 Å². The molecule has 122 valence electrons. The third-order valence-electron chi connectivity index (χ3n) is 3.57. The minimum Gasteiger partial charge on any atom is -0.481 e. The highest BCUT2D eigenvalue weighted by Crippen LogP contribution is 2.32. The zero-order valence-corrected chi connectivity index (χ0v) is 13.1. The molecule has 0 saturated heterocycles.